The van der Waals surface area contributed by atoms with Gasteiger partial charge < -0.3 is 4.57 Å². The van der Waals surface area contributed by atoms with Crippen molar-refractivity contribution in [2.75, 3.05) is 0 Å². The van der Waals surface area contributed by atoms with Gasteiger partial charge in [0.15, 0.2) is 17.5 Å². The van der Waals surface area contributed by atoms with Gasteiger partial charge in [0.2, 0.25) is 0 Å². The largest absolute Gasteiger partial charge is 0.303 e. The maximum Gasteiger partial charge on any atom is 0.196 e. The molecule has 0 fully saturated rings. The standard InChI is InChI=1S/C9H5F3N2/c10-6-1-2-7(9(12)8(6)11)14-4-3-13-5-14/h1-5H. The monoisotopic (exact) mass is 198 g/mol. The van der Waals surface area contributed by atoms with E-state index in [1.54, 1.807) is 0 Å². The summed E-state index contributed by atoms with van der Waals surface area (Å²) in [5.41, 5.74) is -0.0681. The normalized spacial score (nSPS) is 10.5. The van der Waals surface area contributed by atoms with Crippen LogP contribution in [0.3, 0.4) is 0 Å². The topological polar surface area (TPSA) is 17.8 Å². The zero-order chi connectivity index (χ0) is 10.1. The minimum Gasteiger partial charge on any atom is -0.303 e. The van der Waals surface area contributed by atoms with Gasteiger partial charge in [0.1, 0.15) is 0 Å². The predicted molar refractivity (Wildman–Crippen MR) is 43.4 cm³/mol. The molecule has 0 bridgehead atoms. The van der Waals surface area contributed by atoms with E-state index in [2.05, 4.69) is 4.98 Å². The van der Waals surface area contributed by atoms with Crippen LogP contribution in [0.1, 0.15) is 0 Å². The minimum atomic E-state index is -1.48. The second-order valence-electron chi connectivity index (χ2n) is 2.66. The Balaban J connectivity index is 2.61. The number of rotatable bonds is 1. The lowest BCUT2D eigenvalue weighted by molar-refractivity contribution is 0.444. The van der Waals surface area contributed by atoms with Crippen molar-refractivity contribution in [3.8, 4) is 5.69 Å². The lowest BCUT2D eigenvalue weighted by atomic mass is 10.3. The summed E-state index contributed by atoms with van der Waals surface area (Å²) in [6.45, 7) is 0. The Kier molecular flexibility index (Phi) is 1.99. The van der Waals surface area contributed by atoms with E-state index < -0.39 is 17.5 Å². The molecule has 0 unspecified atom stereocenters. The minimum absolute atomic E-state index is 0.0681. The highest BCUT2D eigenvalue weighted by atomic mass is 19.2. The number of halogens is 3. The Morgan fingerprint density at radius 3 is 2.50 bits per heavy atom. The molecule has 72 valence electrons. The van der Waals surface area contributed by atoms with Gasteiger partial charge in [0.25, 0.3) is 0 Å². The highest BCUT2D eigenvalue weighted by molar-refractivity contribution is 5.34. The average molecular weight is 198 g/mol. The highest BCUT2D eigenvalue weighted by Crippen LogP contribution is 2.18. The van der Waals surface area contributed by atoms with Gasteiger partial charge in [-0.1, -0.05) is 0 Å². The molecule has 5 heteroatoms. The van der Waals surface area contributed by atoms with E-state index in [4.69, 9.17) is 0 Å². The molecule has 0 atom stereocenters. The van der Waals surface area contributed by atoms with Crippen LogP contribution in [0.5, 0.6) is 0 Å². The number of imidazole rings is 1. The molecule has 2 rings (SSSR count). The third kappa shape index (κ3) is 1.26. The molecule has 1 heterocycles. The first-order chi connectivity index (χ1) is 6.70. The van der Waals surface area contributed by atoms with Crippen LogP contribution in [-0.4, -0.2) is 9.55 Å². The maximum atomic E-state index is 13.2. The van der Waals surface area contributed by atoms with Crippen LogP contribution in [-0.2, 0) is 0 Å². The number of aromatic nitrogens is 2. The molecule has 0 aliphatic heterocycles. The lowest BCUT2D eigenvalue weighted by Gasteiger charge is -2.04. The van der Waals surface area contributed by atoms with Gasteiger partial charge in [-0.05, 0) is 12.1 Å². The van der Waals surface area contributed by atoms with E-state index in [9.17, 15) is 13.2 Å². The molecule has 14 heavy (non-hydrogen) atoms. The summed E-state index contributed by atoms with van der Waals surface area (Å²) < 4.78 is 39.8. The van der Waals surface area contributed by atoms with E-state index in [0.717, 1.165) is 12.1 Å². The number of hydrogen-bond donors (Lipinski definition) is 0. The Labute approximate surface area is 77.6 Å². The molecular formula is C9H5F3N2. The van der Waals surface area contributed by atoms with Gasteiger partial charge in [-0.25, -0.2) is 18.2 Å². The zero-order valence-corrected chi connectivity index (χ0v) is 6.92. The van der Waals surface area contributed by atoms with E-state index in [1.165, 1.54) is 23.3 Å². The maximum absolute atomic E-state index is 13.2. The van der Waals surface area contributed by atoms with Crippen molar-refractivity contribution in [3.05, 3.63) is 48.3 Å². The van der Waals surface area contributed by atoms with Gasteiger partial charge in [-0.3, -0.25) is 0 Å². The summed E-state index contributed by atoms with van der Waals surface area (Å²) in [5.74, 6) is -3.90. The molecule has 0 saturated carbocycles. The van der Waals surface area contributed by atoms with Gasteiger partial charge in [-0.15, -0.1) is 0 Å². The number of benzene rings is 1. The van der Waals surface area contributed by atoms with Gasteiger partial charge in [-0.2, -0.15) is 0 Å². The fraction of sp³-hybridized carbons (Fsp3) is 0. The van der Waals surface area contributed by atoms with Crippen LogP contribution < -0.4 is 0 Å². The molecule has 0 saturated heterocycles. The first-order valence-corrected chi connectivity index (χ1v) is 3.82. The second kappa shape index (κ2) is 3.17. The molecule has 2 aromatic rings. The van der Waals surface area contributed by atoms with Crippen molar-refractivity contribution in [2.45, 2.75) is 0 Å². The smallest absolute Gasteiger partial charge is 0.196 e. The van der Waals surface area contributed by atoms with Gasteiger partial charge in [0, 0.05) is 12.4 Å². The van der Waals surface area contributed by atoms with E-state index in [0.29, 0.717) is 0 Å². The van der Waals surface area contributed by atoms with E-state index >= 15 is 0 Å². The fourth-order valence-corrected chi connectivity index (χ4v) is 1.12. The molecule has 0 spiro atoms. The van der Waals surface area contributed by atoms with Crippen molar-refractivity contribution >= 4 is 0 Å². The average Bonchev–Trinajstić information content (AvgIpc) is 2.67. The van der Waals surface area contributed by atoms with Crippen LogP contribution in [0.4, 0.5) is 13.2 Å². The molecule has 0 amide bonds. The molecule has 0 N–H and O–H groups in total. The second-order valence-corrected chi connectivity index (χ2v) is 2.66. The van der Waals surface area contributed by atoms with Gasteiger partial charge >= 0.3 is 0 Å². The van der Waals surface area contributed by atoms with E-state index in [-0.39, 0.29) is 5.69 Å². The summed E-state index contributed by atoms with van der Waals surface area (Å²) in [6, 6.07) is 2.02. The molecule has 1 aromatic carbocycles. The van der Waals surface area contributed by atoms with Gasteiger partial charge in [0.05, 0.1) is 12.0 Å². The summed E-state index contributed by atoms with van der Waals surface area (Å²) in [5, 5.41) is 0. The summed E-state index contributed by atoms with van der Waals surface area (Å²) in [6.07, 6.45) is 4.16. The van der Waals surface area contributed by atoms with Crippen molar-refractivity contribution < 1.29 is 13.2 Å². The van der Waals surface area contributed by atoms with Crippen LogP contribution in [0.25, 0.3) is 5.69 Å². The summed E-state index contributed by atoms with van der Waals surface area (Å²) >= 11 is 0. The predicted octanol–water partition coefficient (Wildman–Crippen LogP) is 2.29. The first-order valence-electron chi connectivity index (χ1n) is 3.82. The zero-order valence-electron chi connectivity index (χ0n) is 6.92. The van der Waals surface area contributed by atoms with Crippen molar-refractivity contribution in [3.63, 3.8) is 0 Å². The van der Waals surface area contributed by atoms with E-state index in [1.807, 2.05) is 0 Å². The number of hydrogen-bond acceptors (Lipinski definition) is 1. The summed E-state index contributed by atoms with van der Waals surface area (Å²) in [4.78, 5) is 3.67. The lowest BCUT2D eigenvalue weighted by Crippen LogP contribution is -1.99. The molecule has 1 aromatic heterocycles. The Morgan fingerprint density at radius 1 is 1.07 bits per heavy atom. The Hall–Kier alpha value is -1.78. The fourth-order valence-electron chi connectivity index (χ4n) is 1.12. The van der Waals surface area contributed by atoms with Crippen molar-refractivity contribution in [1.29, 1.82) is 0 Å². The van der Waals surface area contributed by atoms with Crippen molar-refractivity contribution in [2.24, 2.45) is 0 Å². The van der Waals surface area contributed by atoms with Crippen LogP contribution in [0, 0.1) is 17.5 Å². The molecule has 0 aliphatic carbocycles. The van der Waals surface area contributed by atoms with Crippen molar-refractivity contribution in [1.82, 2.24) is 9.55 Å². The SMILES string of the molecule is Fc1ccc(-n2ccnc2)c(F)c1F. The Bertz CT molecular complexity index is 451. The quantitative estimate of drug-likeness (QED) is 0.643. The van der Waals surface area contributed by atoms with Crippen LogP contribution in [0.15, 0.2) is 30.9 Å². The highest BCUT2D eigenvalue weighted by Gasteiger charge is 2.13. The van der Waals surface area contributed by atoms with Crippen LogP contribution >= 0.6 is 0 Å². The molecule has 0 radical (unpaired) electrons. The Morgan fingerprint density at radius 2 is 1.86 bits per heavy atom. The third-order valence-electron chi connectivity index (χ3n) is 1.80. The third-order valence-corrected chi connectivity index (χ3v) is 1.80. The van der Waals surface area contributed by atoms with Crippen LogP contribution in [0.2, 0.25) is 0 Å². The molecule has 2 nitrogen and oxygen atoms in total. The first kappa shape index (κ1) is 8.80. The molecular weight excluding hydrogens is 193 g/mol. The molecule has 0 aliphatic rings. The summed E-state index contributed by atoms with van der Waals surface area (Å²) in [7, 11) is 0. The number of nitrogens with zero attached hydrogens (tertiary/aromatic N) is 2.